The quantitative estimate of drug-likeness (QED) is 0.881. The molecule has 21 heavy (non-hydrogen) atoms. The molecule has 1 unspecified atom stereocenters. The number of thiazole rings is 1. The van der Waals surface area contributed by atoms with Crippen LogP contribution >= 0.6 is 11.3 Å². The molecule has 1 saturated heterocycles. The molecule has 114 valence electrons. The Morgan fingerprint density at radius 2 is 2.19 bits per heavy atom. The number of likely N-dealkylation sites (tertiary alicyclic amines) is 1. The van der Waals surface area contributed by atoms with E-state index in [4.69, 9.17) is 0 Å². The minimum atomic E-state index is -0.212. The third-order valence-corrected chi connectivity index (χ3v) is 4.96. The molecule has 0 radical (unpaired) electrons. The molecular weight excluding hydrogens is 288 g/mol. The molecule has 2 fully saturated rings. The third kappa shape index (κ3) is 3.34. The fourth-order valence-electron chi connectivity index (χ4n) is 2.70. The van der Waals surface area contributed by atoms with Gasteiger partial charge in [-0.1, -0.05) is 0 Å². The Morgan fingerprint density at radius 3 is 2.81 bits per heavy atom. The normalized spacial score (nSPS) is 21.7. The Hall–Kier alpha value is -1.63. The van der Waals surface area contributed by atoms with Gasteiger partial charge in [0.25, 0.3) is 0 Å². The van der Waals surface area contributed by atoms with Crippen LogP contribution in [0.4, 0.5) is 4.79 Å². The number of hydrogen-bond acceptors (Lipinski definition) is 4. The van der Waals surface area contributed by atoms with Crippen molar-refractivity contribution < 1.29 is 9.59 Å². The lowest BCUT2D eigenvalue weighted by Gasteiger charge is -2.16. The summed E-state index contributed by atoms with van der Waals surface area (Å²) in [5.74, 6) is 0.164. The van der Waals surface area contributed by atoms with Crippen LogP contribution in [0, 0.1) is 13.8 Å². The van der Waals surface area contributed by atoms with Gasteiger partial charge in [-0.25, -0.2) is 9.78 Å². The van der Waals surface area contributed by atoms with Gasteiger partial charge in [0.05, 0.1) is 23.3 Å². The van der Waals surface area contributed by atoms with Crippen molar-refractivity contribution in [2.24, 2.45) is 0 Å². The SMILES string of the molecule is Cc1nc(C)c(CNC(=O)NC2CC(=O)N(C3CC3)C2)s1. The minimum absolute atomic E-state index is 0.0672. The number of amides is 3. The van der Waals surface area contributed by atoms with Crippen LogP contribution in [0.25, 0.3) is 0 Å². The third-order valence-electron chi connectivity index (χ3n) is 3.89. The van der Waals surface area contributed by atoms with Gasteiger partial charge in [-0.2, -0.15) is 0 Å². The Bertz CT molecular complexity index is 567. The molecule has 0 spiro atoms. The zero-order valence-electron chi connectivity index (χ0n) is 12.3. The summed E-state index contributed by atoms with van der Waals surface area (Å²) in [6.07, 6.45) is 2.63. The molecule has 1 aliphatic heterocycles. The van der Waals surface area contributed by atoms with Gasteiger partial charge in [-0.05, 0) is 26.7 Å². The number of urea groups is 1. The summed E-state index contributed by atoms with van der Waals surface area (Å²) < 4.78 is 0. The zero-order chi connectivity index (χ0) is 15.0. The molecule has 1 aromatic heterocycles. The number of nitrogens with zero attached hydrogens (tertiary/aromatic N) is 2. The molecule has 3 amide bonds. The van der Waals surface area contributed by atoms with Gasteiger partial charge in [0.2, 0.25) is 5.91 Å². The Balaban J connectivity index is 1.46. The average Bonchev–Trinajstić information content (AvgIpc) is 3.11. The van der Waals surface area contributed by atoms with Crippen LogP contribution in [0.1, 0.15) is 34.8 Å². The van der Waals surface area contributed by atoms with Gasteiger partial charge in [0.15, 0.2) is 0 Å². The molecule has 2 aliphatic rings. The van der Waals surface area contributed by atoms with Crippen LogP contribution < -0.4 is 10.6 Å². The van der Waals surface area contributed by atoms with Crippen LogP contribution in [-0.4, -0.2) is 40.5 Å². The van der Waals surface area contributed by atoms with E-state index in [0.29, 0.717) is 25.6 Å². The molecule has 1 saturated carbocycles. The summed E-state index contributed by atoms with van der Waals surface area (Å²) in [7, 11) is 0. The Kier molecular flexibility index (Phi) is 3.84. The molecule has 1 atom stereocenters. The van der Waals surface area contributed by atoms with Gasteiger partial charge in [-0.3, -0.25) is 4.79 Å². The first-order valence-electron chi connectivity index (χ1n) is 7.29. The van der Waals surface area contributed by atoms with Crippen LogP contribution in [0.15, 0.2) is 0 Å². The van der Waals surface area contributed by atoms with Crippen molar-refractivity contribution in [2.45, 2.75) is 51.7 Å². The second-order valence-electron chi connectivity index (χ2n) is 5.75. The monoisotopic (exact) mass is 308 g/mol. The molecule has 6 nitrogen and oxygen atoms in total. The van der Waals surface area contributed by atoms with Gasteiger partial charge in [0, 0.05) is 23.9 Å². The van der Waals surface area contributed by atoms with E-state index in [2.05, 4.69) is 15.6 Å². The average molecular weight is 308 g/mol. The van der Waals surface area contributed by atoms with Crippen molar-refractivity contribution in [3.05, 3.63) is 15.6 Å². The first kappa shape index (κ1) is 14.3. The summed E-state index contributed by atoms with van der Waals surface area (Å²) in [4.78, 5) is 31.1. The second-order valence-corrected chi connectivity index (χ2v) is 7.03. The smallest absolute Gasteiger partial charge is 0.315 e. The van der Waals surface area contributed by atoms with E-state index in [9.17, 15) is 9.59 Å². The Labute approximate surface area is 127 Å². The molecule has 0 aromatic carbocycles. The molecule has 1 aromatic rings. The summed E-state index contributed by atoms with van der Waals surface area (Å²) >= 11 is 1.60. The number of nitrogens with one attached hydrogen (secondary N) is 2. The van der Waals surface area contributed by atoms with E-state index in [1.54, 1.807) is 11.3 Å². The summed E-state index contributed by atoms with van der Waals surface area (Å²) in [6, 6.07) is 0.147. The van der Waals surface area contributed by atoms with Crippen LogP contribution in [0.5, 0.6) is 0 Å². The molecule has 0 bridgehead atoms. The first-order valence-corrected chi connectivity index (χ1v) is 8.11. The van der Waals surface area contributed by atoms with Gasteiger partial charge in [-0.15, -0.1) is 11.3 Å². The maximum Gasteiger partial charge on any atom is 0.315 e. The Morgan fingerprint density at radius 1 is 1.43 bits per heavy atom. The number of hydrogen-bond donors (Lipinski definition) is 2. The topological polar surface area (TPSA) is 74.3 Å². The van der Waals surface area contributed by atoms with Crippen molar-refractivity contribution in [1.29, 1.82) is 0 Å². The lowest BCUT2D eigenvalue weighted by molar-refractivity contribution is -0.128. The fraction of sp³-hybridized carbons (Fsp3) is 0.643. The molecule has 3 rings (SSSR count). The van der Waals surface area contributed by atoms with Crippen molar-refractivity contribution in [3.63, 3.8) is 0 Å². The molecule has 7 heteroatoms. The fourth-order valence-corrected chi connectivity index (χ4v) is 3.58. The van der Waals surface area contributed by atoms with Crippen molar-refractivity contribution >= 4 is 23.3 Å². The van der Waals surface area contributed by atoms with E-state index in [1.165, 1.54) is 0 Å². The molecule has 2 N–H and O–H groups in total. The standard InChI is InChI=1S/C14H20N4O2S/c1-8-12(21-9(2)16-8)6-15-14(20)17-10-5-13(19)18(7-10)11-3-4-11/h10-11H,3-7H2,1-2H3,(H2,15,17,20). The highest BCUT2D eigenvalue weighted by molar-refractivity contribution is 7.11. The lowest BCUT2D eigenvalue weighted by Crippen LogP contribution is -2.43. The summed E-state index contributed by atoms with van der Waals surface area (Å²) in [5.41, 5.74) is 0.966. The minimum Gasteiger partial charge on any atom is -0.338 e. The van der Waals surface area contributed by atoms with E-state index in [-0.39, 0.29) is 18.0 Å². The highest BCUT2D eigenvalue weighted by Crippen LogP contribution is 2.30. The van der Waals surface area contributed by atoms with Gasteiger partial charge < -0.3 is 15.5 Å². The second kappa shape index (κ2) is 5.63. The first-order chi connectivity index (χ1) is 10.0. The van der Waals surface area contributed by atoms with E-state index in [1.807, 2.05) is 18.7 Å². The molecule has 2 heterocycles. The maximum absolute atomic E-state index is 11.9. The number of aromatic nitrogens is 1. The van der Waals surface area contributed by atoms with Crippen molar-refractivity contribution in [2.75, 3.05) is 6.54 Å². The van der Waals surface area contributed by atoms with Gasteiger partial charge >= 0.3 is 6.03 Å². The van der Waals surface area contributed by atoms with Crippen molar-refractivity contribution in [1.82, 2.24) is 20.5 Å². The molecule has 1 aliphatic carbocycles. The molecular formula is C14H20N4O2S. The van der Waals surface area contributed by atoms with Crippen molar-refractivity contribution in [3.8, 4) is 0 Å². The highest BCUT2D eigenvalue weighted by Gasteiger charge is 2.39. The lowest BCUT2D eigenvalue weighted by atomic mass is 10.2. The predicted octanol–water partition coefficient (Wildman–Crippen LogP) is 1.32. The number of carbonyl (C=O) groups is 2. The zero-order valence-corrected chi connectivity index (χ0v) is 13.1. The van der Waals surface area contributed by atoms with E-state index < -0.39 is 0 Å². The van der Waals surface area contributed by atoms with E-state index in [0.717, 1.165) is 28.4 Å². The number of rotatable bonds is 4. The van der Waals surface area contributed by atoms with Crippen LogP contribution in [0.2, 0.25) is 0 Å². The van der Waals surface area contributed by atoms with Crippen LogP contribution in [-0.2, 0) is 11.3 Å². The van der Waals surface area contributed by atoms with E-state index >= 15 is 0 Å². The largest absolute Gasteiger partial charge is 0.338 e. The number of carbonyl (C=O) groups excluding carboxylic acids is 2. The maximum atomic E-state index is 11.9. The van der Waals surface area contributed by atoms with Gasteiger partial charge in [0.1, 0.15) is 0 Å². The predicted molar refractivity (Wildman–Crippen MR) is 80.1 cm³/mol. The summed E-state index contributed by atoms with van der Waals surface area (Å²) in [5, 5.41) is 6.74. The van der Waals surface area contributed by atoms with Crippen LogP contribution in [0.3, 0.4) is 0 Å². The number of aryl methyl sites for hydroxylation is 2. The summed E-state index contributed by atoms with van der Waals surface area (Å²) in [6.45, 7) is 5.03. The highest BCUT2D eigenvalue weighted by atomic mass is 32.1.